The number of benzene rings is 3. The molecular formula is C32H26ClF6NO2S. The van der Waals surface area contributed by atoms with Crippen molar-refractivity contribution in [3.8, 4) is 11.1 Å². The molecule has 0 bridgehead atoms. The Bertz CT molecular complexity index is 1680. The van der Waals surface area contributed by atoms with Crippen molar-refractivity contribution in [2.24, 2.45) is 11.8 Å². The number of hydrogen-bond acceptors (Lipinski definition) is 3. The van der Waals surface area contributed by atoms with E-state index >= 15 is 4.39 Å². The van der Waals surface area contributed by atoms with Gasteiger partial charge in [0.15, 0.2) is 0 Å². The van der Waals surface area contributed by atoms with Crippen LogP contribution in [0.25, 0.3) is 21.2 Å². The van der Waals surface area contributed by atoms with E-state index in [0.29, 0.717) is 17.0 Å². The maximum absolute atomic E-state index is 15.2. The quantitative estimate of drug-likeness (QED) is 0.149. The lowest BCUT2D eigenvalue weighted by Gasteiger charge is -2.32. The van der Waals surface area contributed by atoms with Gasteiger partial charge in [0.05, 0.1) is 15.1 Å². The summed E-state index contributed by atoms with van der Waals surface area (Å²) in [6.07, 6.45) is -1.33. The minimum Gasteiger partial charge on any atom is -0.333 e. The van der Waals surface area contributed by atoms with Crippen molar-refractivity contribution < 1.29 is 35.9 Å². The van der Waals surface area contributed by atoms with Gasteiger partial charge in [-0.25, -0.2) is 13.2 Å². The molecule has 0 spiro atoms. The van der Waals surface area contributed by atoms with Gasteiger partial charge in [0.1, 0.15) is 22.3 Å². The van der Waals surface area contributed by atoms with Crippen molar-refractivity contribution in [1.29, 1.82) is 0 Å². The molecule has 1 aromatic heterocycles. The summed E-state index contributed by atoms with van der Waals surface area (Å²) in [5.41, 5.74) is 0.522. The van der Waals surface area contributed by atoms with Crippen LogP contribution in [0.15, 0.2) is 54.6 Å². The second kappa shape index (κ2) is 12.3. The summed E-state index contributed by atoms with van der Waals surface area (Å²) in [5.74, 6) is -3.94. The van der Waals surface area contributed by atoms with Gasteiger partial charge in [-0.15, -0.1) is 11.3 Å². The number of thiophene rings is 1. The van der Waals surface area contributed by atoms with Crippen molar-refractivity contribution in [2.75, 3.05) is 6.54 Å². The van der Waals surface area contributed by atoms with Crippen LogP contribution in [-0.4, -0.2) is 29.3 Å². The standard InChI is InChI=1S/C32H26ClF6NO2S/c1-17-2-4-18(5-3-17)15-40(31(42)29-27(33)26-24(35)12-13-25(36)28(26)43-29)16-22-14-21(10-11-23(22)34)19-6-8-20(9-7-19)30(41)32(37,38)39/h6-14,17-18H,2-5,15-16H2,1H3. The summed E-state index contributed by atoms with van der Waals surface area (Å²) < 4.78 is 82.6. The Labute approximate surface area is 253 Å². The smallest absolute Gasteiger partial charge is 0.333 e. The fourth-order valence-corrected chi connectivity index (χ4v) is 7.00. The first-order valence-electron chi connectivity index (χ1n) is 13.7. The van der Waals surface area contributed by atoms with E-state index in [0.717, 1.165) is 61.3 Å². The average Bonchev–Trinajstić information content (AvgIpc) is 3.34. The summed E-state index contributed by atoms with van der Waals surface area (Å²) in [5, 5.41) is -0.380. The van der Waals surface area contributed by atoms with Gasteiger partial charge in [0, 0.05) is 24.2 Å². The second-order valence-corrected chi connectivity index (χ2v) is 12.4. The predicted octanol–water partition coefficient (Wildman–Crippen LogP) is 9.85. The molecule has 226 valence electrons. The Morgan fingerprint density at radius 2 is 1.49 bits per heavy atom. The molecule has 1 amide bonds. The Hall–Kier alpha value is -3.37. The van der Waals surface area contributed by atoms with E-state index in [9.17, 15) is 31.5 Å². The predicted molar refractivity (Wildman–Crippen MR) is 155 cm³/mol. The monoisotopic (exact) mass is 637 g/mol. The van der Waals surface area contributed by atoms with E-state index in [-0.39, 0.29) is 44.6 Å². The highest BCUT2D eigenvalue weighted by Crippen LogP contribution is 2.40. The van der Waals surface area contributed by atoms with E-state index in [4.69, 9.17) is 11.6 Å². The van der Waals surface area contributed by atoms with Crippen LogP contribution in [0.5, 0.6) is 0 Å². The first-order chi connectivity index (χ1) is 20.3. The maximum Gasteiger partial charge on any atom is 0.454 e. The molecule has 0 atom stereocenters. The number of Topliss-reactive ketones (excluding diaryl/α,β-unsaturated/α-hetero) is 1. The molecule has 0 aliphatic heterocycles. The largest absolute Gasteiger partial charge is 0.454 e. The average molecular weight is 638 g/mol. The van der Waals surface area contributed by atoms with Crippen LogP contribution in [0.2, 0.25) is 5.02 Å². The van der Waals surface area contributed by atoms with Crippen molar-refractivity contribution >= 4 is 44.7 Å². The minimum atomic E-state index is -5.01. The highest BCUT2D eigenvalue weighted by Gasteiger charge is 2.39. The fourth-order valence-electron chi connectivity index (χ4n) is 5.48. The van der Waals surface area contributed by atoms with Gasteiger partial charge in [-0.1, -0.05) is 61.7 Å². The van der Waals surface area contributed by atoms with Crippen molar-refractivity contribution in [2.45, 2.75) is 45.3 Å². The molecule has 3 nitrogen and oxygen atoms in total. The molecular weight excluding hydrogens is 612 g/mol. The number of fused-ring (bicyclic) bond motifs is 1. The van der Waals surface area contributed by atoms with Gasteiger partial charge in [-0.2, -0.15) is 13.2 Å². The molecule has 11 heteroatoms. The highest BCUT2D eigenvalue weighted by molar-refractivity contribution is 7.21. The van der Waals surface area contributed by atoms with Gasteiger partial charge in [0.2, 0.25) is 0 Å². The fraction of sp³-hybridized carbons (Fsp3) is 0.312. The van der Waals surface area contributed by atoms with Crippen LogP contribution in [0.3, 0.4) is 0 Å². The number of alkyl halides is 3. The molecule has 0 N–H and O–H groups in total. The highest BCUT2D eigenvalue weighted by atomic mass is 35.5. The van der Waals surface area contributed by atoms with Crippen LogP contribution in [0, 0.1) is 29.3 Å². The van der Waals surface area contributed by atoms with Crippen LogP contribution in [0.1, 0.15) is 58.2 Å². The number of halogens is 7. The third-order valence-corrected chi connectivity index (χ3v) is 9.60. The van der Waals surface area contributed by atoms with E-state index in [2.05, 4.69) is 6.92 Å². The zero-order valence-electron chi connectivity index (χ0n) is 22.9. The van der Waals surface area contributed by atoms with Gasteiger partial charge >= 0.3 is 6.18 Å². The number of nitrogens with zero attached hydrogens (tertiary/aromatic N) is 1. The SMILES string of the molecule is CC1CCC(CN(Cc2cc(-c3ccc(C(=O)C(F)(F)F)cc3)ccc2F)C(=O)c2sc3c(F)ccc(F)c3c2Cl)CC1. The molecule has 1 heterocycles. The maximum atomic E-state index is 15.2. The van der Waals surface area contributed by atoms with Gasteiger partial charge < -0.3 is 4.90 Å². The number of carbonyl (C=O) groups excluding carboxylic acids is 2. The Balaban J connectivity index is 1.48. The van der Waals surface area contributed by atoms with E-state index in [1.54, 1.807) is 0 Å². The number of rotatable bonds is 7. The minimum absolute atomic E-state index is 0.0497. The van der Waals surface area contributed by atoms with Crippen LogP contribution < -0.4 is 0 Å². The normalized spacial score (nSPS) is 17.3. The van der Waals surface area contributed by atoms with Gasteiger partial charge in [-0.3, -0.25) is 9.59 Å². The molecule has 5 rings (SSSR count). The lowest BCUT2D eigenvalue weighted by Crippen LogP contribution is -2.36. The zero-order chi connectivity index (χ0) is 31.1. The Morgan fingerprint density at radius 1 is 0.884 bits per heavy atom. The van der Waals surface area contributed by atoms with Crippen LogP contribution in [0.4, 0.5) is 26.3 Å². The van der Waals surface area contributed by atoms with Gasteiger partial charge in [0.25, 0.3) is 11.7 Å². The number of ketones is 1. The van der Waals surface area contributed by atoms with Crippen LogP contribution in [-0.2, 0) is 6.54 Å². The van der Waals surface area contributed by atoms with Crippen molar-refractivity contribution in [3.05, 3.63) is 93.1 Å². The number of carbonyl (C=O) groups is 2. The molecule has 1 aliphatic rings. The summed E-state index contributed by atoms with van der Waals surface area (Å²) in [6.45, 7) is 2.26. The van der Waals surface area contributed by atoms with E-state index < -0.39 is 40.9 Å². The molecule has 4 aromatic rings. The molecule has 0 saturated heterocycles. The summed E-state index contributed by atoms with van der Waals surface area (Å²) in [6, 6.07) is 10.8. The Kier molecular flexibility index (Phi) is 8.90. The molecule has 0 radical (unpaired) electrons. The second-order valence-electron chi connectivity index (χ2n) is 11.0. The van der Waals surface area contributed by atoms with Crippen molar-refractivity contribution in [3.63, 3.8) is 0 Å². The third kappa shape index (κ3) is 6.60. The number of amides is 1. The van der Waals surface area contributed by atoms with E-state index in [1.807, 2.05) is 0 Å². The van der Waals surface area contributed by atoms with Crippen molar-refractivity contribution in [1.82, 2.24) is 4.90 Å². The number of hydrogen-bond donors (Lipinski definition) is 0. The molecule has 0 unspecified atom stereocenters. The summed E-state index contributed by atoms with van der Waals surface area (Å²) in [7, 11) is 0. The first kappa shape index (κ1) is 31.1. The topological polar surface area (TPSA) is 37.4 Å². The molecule has 1 aliphatic carbocycles. The molecule has 1 fully saturated rings. The summed E-state index contributed by atoms with van der Waals surface area (Å²) >= 11 is 7.17. The lowest BCUT2D eigenvalue weighted by molar-refractivity contribution is -0.0885. The first-order valence-corrected chi connectivity index (χ1v) is 14.9. The molecule has 1 saturated carbocycles. The zero-order valence-corrected chi connectivity index (χ0v) is 24.5. The molecule has 43 heavy (non-hydrogen) atoms. The Morgan fingerprint density at radius 3 is 2.12 bits per heavy atom. The summed E-state index contributed by atoms with van der Waals surface area (Å²) in [4.78, 5) is 26.9. The molecule has 3 aromatic carbocycles. The van der Waals surface area contributed by atoms with E-state index in [1.165, 1.54) is 35.2 Å². The van der Waals surface area contributed by atoms with Crippen LogP contribution >= 0.6 is 22.9 Å². The van der Waals surface area contributed by atoms with Gasteiger partial charge in [-0.05, 0) is 60.1 Å². The lowest BCUT2D eigenvalue weighted by atomic mass is 9.82. The third-order valence-electron chi connectivity index (χ3n) is 7.92.